The minimum absolute atomic E-state index is 0.218. The van der Waals surface area contributed by atoms with Crippen molar-refractivity contribution >= 4 is 22.2 Å². The first-order chi connectivity index (χ1) is 7.15. The molecule has 0 atom stereocenters. The fourth-order valence-corrected chi connectivity index (χ4v) is 2.30. The predicted molar refractivity (Wildman–Crippen MR) is 59.7 cm³/mol. The summed E-state index contributed by atoms with van der Waals surface area (Å²) in [5.41, 5.74) is 1.57. The van der Waals surface area contributed by atoms with Crippen LogP contribution >= 0.6 is 15.9 Å². The minimum Gasteiger partial charge on any atom is -0.453 e. The van der Waals surface area contributed by atoms with Gasteiger partial charge in [0.05, 0.1) is 4.47 Å². The lowest BCUT2D eigenvalue weighted by molar-refractivity contribution is 0.112. The summed E-state index contributed by atoms with van der Waals surface area (Å²) in [4.78, 5) is 11.0. The van der Waals surface area contributed by atoms with Crippen LogP contribution in [0.3, 0.4) is 0 Å². The van der Waals surface area contributed by atoms with Gasteiger partial charge < -0.3 is 9.47 Å². The van der Waals surface area contributed by atoms with Gasteiger partial charge in [-0.1, -0.05) is 13.8 Å². The smallest absolute Gasteiger partial charge is 0.231 e. The van der Waals surface area contributed by atoms with E-state index in [0.29, 0.717) is 17.1 Å². The van der Waals surface area contributed by atoms with E-state index in [9.17, 15) is 4.79 Å². The molecule has 1 aliphatic heterocycles. The number of halogens is 1. The van der Waals surface area contributed by atoms with Crippen molar-refractivity contribution in [3.63, 3.8) is 0 Å². The maximum Gasteiger partial charge on any atom is 0.231 e. The zero-order chi connectivity index (χ0) is 11.0. The van der Waals surface area contributed by atoms with Crippen molar-refractivity contribution in [2.24, 2.45) is 0 Å². The molecule has 0 bridgehead atoms. The molecule has 0 N–H and O–H groups in total. The van der Waals surface area contributed by atoms with Gasteiger partial charge >= 0.3 is 0 Å². The van der Waals surface area contributed by atoms with Crippen LogP contribution in [0.5, 0.6) is 11.5 Å². The number of carbonyl (C=O) groups excluding carboxylic acids is 1. The molecule has 0 unspecified atom stereocenters. The monoisotopic (exact) mass is 270 g/mol. The SMILES string of the molecule is CC(C)c1c(C=O)cc(Br)c2c1OCO2. The molecule has 15 heavy (non-hydrogen) atoms. The molecule has 1 aromatic rings. The average Bonchev–Trinajstić information content (AvgIpc) is 2.65. The molecule has 2 rings (SSSR count). The fraction of sp³-hybridized carbons (Fsp3) is 0.364. The molecule has 0 saturated carbocycles. The van der Waals surface area contributed by atoms with E-state index >= 15 is 0 Å². The molecule has 0 fully saturated rings. The molecule has 4 heteroatoms. The molecular formula is C11H11BrO3. The van der Waals surface area contributed by atoms with Gasteiger partial charge in [0.1, 0.15) is 0 Å². The van der Waals surface area contributed by atoms with Crippen molar-refractivity contribution in [1.29, 1.82) is 0 Å². The van der Waals surface area contributed by atoms with Gasteiger partial charge in [-0.15, -0.1) is 0 Å². The highest BCUT2D eigenvalue weighted by molar-refractivity contribution is 9.10. The Labute approximate surface area is 96.5 Å². The van der Waals surface area contributed by atoms with Crippen LogP contribution in [0.25, 0.3) is 0 Å². The molecule has 80 valence electrons. The summed E-state index contributed by atoms with van der Waals surface area (Å²) in [6.07, 6.45) is 0.849. The first kappa shape index (κ1) is 10.5. The van der Waals surface area contributed by atoms with E-state index in [2.05, 4.69) is 15.9 Å². The Bertz CT molecular complexity index is 413. The standard InChI is InChI=1S/C11H11BrO3/c1-6(2)9-7(4-13)3-8(12)10-11(9)15-5-14-10/h3-4,6H,5H2,1-2H3. The summed E-state index contributed by atoms with van der Waals surface area (Å²) in [5, 5.41) is 0. The van der Waals surface area contributed by atoms with Crippen molar-refractivity contribution in [3.05, 3.63) is 21.7 Å². The molecule has 1 aromatic carbocycles. The quantitative estimate of drug-likeness (QED) is 0.775. The van der Waals surface area contributed by atoms with Crippen LogP contribution < -0.4 is 9.47 Å². The van der Waals surface area contributed by atoms with Crippen molar-refractivity contribution < 1.29 is 14.3 Å². The van der Waals surface area contributed by atoms with Gasteiger partial charge in [0.15, 0.2) is 17.8 Å². The van der Waals surface area contributed by atoms with Crippen LogP contribution in [0.4, 0.5) is 0 Å². The van der Waals surface area contributed by atoms with E-state index < -0.39 is 0 Å². The number of hydrogen-bond donors (Lipinski definition) is 0. The first-order valence-corrected chi connectivity index (χ1v) is 5.51. The highest BCUT2D eigenvalue weighted by Gasteiger charge is 2.25. The molecule has 1 heterocycles. The molecule has 0 aliphatic carbocycles. The summed E-state index contributed by atoms with van der Waals surface area (Å²) in [7, 11) is 0. The predicted octanol–water partition coefficient (Wildman–Crippen LogP) is 3.11. The molecule has 0 saturated heterocycles. The molecule has 3 nitrogen and oxygen atoms in total. The van der Waals surface area contributed by atoms with Gasteiger partial charge in [-0.05, 0) is 27.9 Å². The normalized spacial score (nSPS) is 13.3. The molecule has 0 radical (unpaired) electrons. The van der Waals surface area contributed by atoms with Gasteiger partial charge in [-0.25, -0.2) is 0 Å². The second-order valence-corrected chi connectivity index (χ2v) is 4.55. The average molecular weight is 271 g/mol. The maximum atomic E-state index is 11.0. The van der Waals surface area contributed by atoms with E-state index in [0.717, 1.165) is 16.3 Å². The number of hydrogen-bond acceptors (Lipinski definition) is 3. The zero-order valence-electron chi connectivity index (χ0n) is 8.54. The second-order valence-electron chi connectivity index (χ2n) is 3.70. The van der Waals surface area contributed by atoms with Crippen LogP contribution in [0.1, 0.15) is 35.7 Å². The molecule has 1 aliphatic rings. The van der Waals surface area contributed by atoms with Gasteiger partial charge in [-0.2, -0.15) is 0 Å². The van der Waals surface area contributed by atoms with E-state index in [1.165, 1.54) is 0 Å². The lowest BCUT2D eigenvalue weighted by atomic mass is 9.96. The highest BCUT2D eigenvalue weighted by atomic mass is 79.9. The summed E-state index contributed by atoms with van der Waals surface area (Å²) in [5.74, 6) is 1.62. The fourth-order valence-electron chi connectivity index (χ4n) is 1.76. The molecular weight excluding hydrogens is 260 g/mol. The van der Waals surface area contributed by atoms with E-state index in [4.69, 9.17) is 9.47 Å². The Kier molecular flexibility index (Phi) is 2.69. The third kappa shape index (κ3) is 1.63. The number of aldehydes is 1. The number of benzene rings is 1. The van der Waals surface area contributed by atoms with Crippen LogP contribution in [0, 0.1) is 0 Å². The topological polar surface area (TPSA) is 35.5 Å². The van der Waals surface area contributed by atoms with Crippen LogP contribution in [-0.4, -0.2) is 13.1 Å². The highest BCUT2D eigenvalue weighted by Crippen LogP contribution is 2.45. The van der Waals surface area contributed by atoms with Crippen LogP contribution in [-0.2, 0) is 0 Å². The lowest BCUT2D eigenvalue weighted by Crippen LogP contribution is -1.99. The van der Waals surface area contributed by atoms with Crippen LogP contribution in [0.15, 0.2) is 10.5 Å². The van der Waals surface area contributed by atoms with Gasteiger partial charge in [0.25, 0.3) is 0 Å². The minimum atomic E-state index is 0.218. The van der Waals surface area contributed by atoms with Gasteiger partial charge in [0, 0.05) is 11.1 Å². The van der Waals surface area contributed by atoms with E-state index in [1.807, 2.05) is 13.8 Å². The Morgan fingerprint density at radius 3 is 2.67 bits per heavy atom. The largest absolute Gasteiger partial charge is 0.453 e. The summed E-state index contributed by atoms with van der Waals surface area (Å²) >= 11 is 3.36. The number of ether oxygens (including phenoxy) is 2. The van der Waals surface area contributed by atoms with Crippen molar-refractivity contribution in [2.45, 2.75) is 19.8 Å². The van der Waals surface area contributed by atoms with Crippen molar-refractivity contribution in [3.8, 4) is 11.5 Å². The summed E-state index contributed by atoms with van der Waals surface area (Å²) < 4.78 is 11.5. The second kappa shape index (κ2) is 3.85. The maximum absolute atomic E-state index is 11.0. The van der Waals surface area contributed by atoms with Crippen molar-refractivity contribution in [2.75, 3.05) is 6.79 Å². The van der Waals surface area contributed by atoms with Gasteiger partial charge in [-0.3, -0.25) is 4.79 Å². The van der Waals surface area contributed by atoms with Gasteiger partial charge in [0.2, 0.25) is 6.79 Å². The Morgan fingerprint density at radius 1 is 1.40 bits per heavy atom. The number of carbonyl (C=O) groups is 1. The Morgan fingerprint density at radius 2 is 2.07 bits per heavy atom. The lowest BCUT2D eigenvalue weighted by Gasteiger charge is -2.12. The van der Waals surface area contributed by atoms with E-state index in [-0.39, 0.29) is 12.7 Å². The Hall–Kier alpha value is -1.03. The molecule has 0 amide bonds. The summed E-state index contributed by atoms with van der Waals surface area (Å²) in [6.45, 7) is 4.27. The summed E-state index contributed by atoms with van der Waals surface area (Å²) in [6, 6.07) is 1.77. The molecule has 0 spiro atoms. The number of fused-ring (bicyclic) bond motifs is 1. The Balaban J connectivity index is 2.70. The molecule has 0 aromatic heterocycles. The van der Waals surface area contributed by atoms with Crippen molar-refractivity contribution in [1.82, 2.24) is 0 Å². The third-order valence-electron chi connectivity index (χ3n) is 2.37. The third-order valence-corrected chi connectivity index (χ3v) is 2.96. The van der Waals surface area contributed by atoms with E-state index in [1.54, 1.807) is 6.07 Å². The van der Waals surface area contributed by atoms with Crippen LogP contribution in [0.2, 0.25) is 0 Å². The number of rotatable bonds is 2. The zero-order valence-corrected chi connectivity index (χ0v) is 10.1. The first-order valence-electron chi connectivity index (χ1n) is 4.72.